The molecule has 1 aliphatic heterocycles. The number of rotatable bonds is 5. The Labute approximate surface area is 169 Å². The first-order valence-corrected chi connectivity index (χ1v) is 10.6. The maximum Gasteiger partial charge on any atom is 0.232 e. The average molecular weight is 394 g/mol. The van der Waals surface area contributed by atoms with E-state index < -0.39 is 0 Å². The van der Waals surface area contributed by atoms with Gasteiger partial charge in [-0.05, 0) is 55.0 Å². The Balaban J connectivity index is 1.46. The Morgan fingerprint density at radius 3 is 2.64 bits per heavy atom. The molecule has 0 aliphatic carbocycles. The predicted molar refractivity (Wildman–Crippen MR) is 110 cm³/mol. The lowest BCUT2D eigenvalue weighted by Gasteiger charge is -2.16. The molecule has 144 valence electrons. The summed E-state index contributed by atoms with van der Waals surface area (Å²) in [5, 5.41) is 4.14. The van der Waals surface area contributed by atoms with Crippen LogP contribution in [0.25, 0.3) is 11.4 Å². The molecule has 0 N–H and O–H groups in total. The van der Waals surface area contributed by atoms with Crippen LogP contribution in [0.4, 0.5) is 0 Å². The zero-order valence-electron chi connectivity index (χ0n) is 16.3. The molecule has 0 spiro atoms. The van der Waals surface area contributed by atoms with Crippen LogP contribution in [0.3, 0.4) is 0 Å². The summed E-state index contributed by atoms with van der Waals surface area (Å²) in [7, 11) is 0. The summed E-state index contributed by atoms with van der Waals surface area (Å²) in [5.74, 6) is 1.20. The van der Waals surface area contributed by atoms with Gasteiger partial charge >= 0.3 is 0 Å². The normalized spacial score (nSPS) is 16.8. The Morgan fingerprint density at radius 2 is 1.93 bits per heavy atom. The van der Waals surface area contributed by atoms with E-state index in [2.05, 4.69) is 66.6 Å². The second-order valence-corrected chi connectivity index (χ2v) is 8.16. The molecule has 28 heavy (non-hydrogen) atoms. The number of hydrogen-bond acceptors (Lipinski definition) is 5. The molecule has 0 saturated carbocycles. The maximum absolute atomic E-state index is 12.5. The third-order valence-electron chi connectivity index (χ3n) is 5.30. The second-order valence-electron chi connectivity index (χ2n) is 7.28. The summed E-state index contributed by atoms with van der Waals surface area (Å²) >= 11 is 1.71. The van der Waals surface area contributed by atoms with Gasteiger partial charge in [0.2, 0.25) is 17.6 Å². The molecule has 2 aromatic carbocycles. The van der Waals surface area contributed by atoms with E-state index in [0.717, 1.165) is 11.1 Å². The third-order valence-corrected chi connectivity index (χ3v) is 6.05. The highest BCUT2D eigenvalue weighted by Crippen LogP contribution is 2.30. The Kier molecular flexibility index (Phi) is 5.22. The Morgan fingerprint density at radius 1 is 1.14 bits per heavy atom. The molecule has 0 bridgehead atoms. The first kappa shape index (κ1) is 18.7. The van der Waals surface area contributed by atoms with Crippen LogP contribution in [-0.4, -0.2) is 33.7 Å². The number of hydrogen-bond donors (Lipinski definition) is 0. The summed E-state index contributed by atoms with van der Waals surface area (Å²) in [6, 6.07) is 14.5. The summed E-state index contributed by atoms with van der Waals surface area (Å²) in [5.41, 5.74) is 4.50. The molecule has 1 fully saturated rings. The number of nitrogens with zero attached hydrogens (tertiary/aromatic N) is 3. The molecule has 1 aromatic heterocycles. The van der Waals surface area contributed by atoms with Crippen molar-refractivity contribution < 1.29 is 9.32 Å². The highest BCUT2D eigenvalue weighted by molar-refractivity contribution is 7.98. The first-order chi connectivity index (χ1) is 13.5. The first-order valence-electron chi connectivity index (χ1n) is 9.35. The molecule has 1 saturated heterocycles. The maximum atomic E-state index is 12.5. The lowest BCUT2D eigenvalue weighted by molar-refractivity contribution is -0.128. The van der Waals surface area contributed by atoms with Gasteiger partial charge in [-0.1, -0.05) is 29.4 Å². The van der Waals surface area contributed by atoms with Gasteiger partial charge in [-0.15, -0.1) is 11.8 Å². The minimum atomic E-state index is -0.0502. The second kappa shape index (κ2) is 7.80. The summed E-state index contributed by atoms with van der Waals surface area (Å²) < 4.78 is 5.51. The van der Waals surface area contributed by atoms with Crippen LogP contribution in [0.15, 0.2) is 51.9 Å². The van der Waals surface area contributed by atoms with Crippen molar-refractivity contribution in [1.82, 2.24) is 15.0 Å². The minimum Gasteiger partial charge on any atom is -0.339 e. The van der Waals surface area contributed by atoms with Crippen LogP contribution < -0.4 is 0 Å². The molecule has 1 unspecified atom stereocenters. The average Bonchev–Trinajstić information content (AvgIpc) is 3.32. The number of thioether (sulfide) groups is 1. The van der Waals surface area contributed by atoms with Crippen molar-refractivity contribution in [3.63, 3.8) is 0 Å². The van der Waals surface area contributed by atoms with Crippen LogP contribution in [0.5, 0.6) is 0 Å². The lowest BCUT2D eigenvalue weighted by Crippen LogP contribution is -2.24. The molecule has 3 aromatic rings. The van der Waals surface area contributed by atoms with E-state index in [0.29, 0.717) is 31.2 Å². The van der Waals surface area contributed by atoms with Crippen molar-refractivity contribution in [3.8, 4) is 11.4 Å². The van der Waals surface area contributed by atoms with Crippen molar-refractivity contribution in [3.05, 3.63) is 65.0 Å². The van der Waals surface area contributed by atoms with Crippen LogP contribution >= 0.6 is 11.8 Å². The number of likely N-dealkylation sites (tertiary alicyclic amines) is 1. The molecule has 4 rings (SSSR count). The molecule has 2 heterocycles. The molecule has 0 radical (unpaired) electrons. The van der Waals surface area contributed by atoms with Crippen molar-refractivity contribution in [2.75, 3.05) is 12.8 Å². The highest BCUT2D eigenvalue weighted by atomic mass is 32.2. The number of aryl methyl sites for hydroxylation is 2. The monoisotopic (exact) mass is 393 g/mol. The SMILES string of the molecule is CSc1ccc(CN2CC(c3nc(-c4ccc(C)c(C)c4)no3)CC2=O)cc1. The Hall–Kier alpha value is -2.60. The smallest absolute Gasteiger partial charge is 0.232 e. The van der Waals surface area contributed by atoms with Crippen LogP contribution in [0, 0.1) is 13.8 Å². The van der Waals surface area contributed by atoms with Gasteiger partial charge in [0.05, 0.1) is 5.92 Å². The van der Waals surface area contributed by atoms with E-state index in [4.69, 9.17) is 4.52 Å². The summed E-state index contributed by atoms with van der Waals surface area (Å²) in [4.78, 5) is 20.1. The molecule has 1 aliphatic rings. The third kappa shape index (κ3) is 3.83. The molecule has 6 heteroatoms. The molecule has 5 nitrogen and oxygen atoms in total. The van der Waals surface area contributed by atoms with E-state index in [1.165, 1.54) is 16.0 Å². The zero-order chi connectivity index (χ0) is 19.7. The van der Waals surface area contributed by atoms with Crippen molar-refractivity contribution >= 4 is 17.7 Å². The van der Waals surface area contributed by atoms with Crippen LogP contribution in [0.2, 0.25) is 0 Å². The van der Waals surface area contributed by atoms with Gasteiger partial charge in [0.15, 0.2) is 0 Å². The molecular weight excluding hydrogens is 370 g/mol. The standard InChI is InChI=1S/C22H23N3O2S/c1-14-4-7-17(10-15(14)2)21-23-22(27-24-21)18-11-20(26)25(13-18)12-16-5-8-19(28-3)9-6-16/h4-10,18H,11-13H2,1-3H3. The molecule has 1 amide bonds. The fraction of sp³-hybridized carbons (Fsp3) is 0.318. The van der Waals surface area contributed by atoms with E-state index in [1.54, 1.807) is 11.8 Å². The zero-order valence-corrected chi connectivity index (χ0v) is 17.1. The van der Waals surface area contributed by atoms with Gasteiger partial charge in [0.25, 0.3) is 0 Å². The number of carbonyl (C=O) groups excluding carboxylic acids is 1. The van der Waals surface area contributed by atoms with Gasteiger partial charge in [0, 0.05) is 30.0 Å². The van der Waals surface area contributed by atoms with Gasteiger partial charge < -0.3 is 9.42 Å². The Bertz CT molecular complexity index is 997. The van der Waals surface area contributed by atoms with E-state index >= 15 is 0 Å². The van der Waals surface area contributed by atoms with Crippen LogP contribution in [0.1, 0.15) is 34.9 Å². The quantitative estimate of drug-likeness (QED) is 0.593. The largest absolute Gasteiger partial charge is 0.339 e. The molecular formula is C22H23N3O2S. The fourth-order valence-corrected chi connectivity index (χ4v) is 3.85. The van der Waals surface area contributed by atoms with E-state index in [9.17, 15) is 4.79 Å². The fourth-order valence-electron chi connectivity index (χ4n) is 3.44. The van der Waals surface area contributed by atoms with E-state index in [-0.39, 0.29) is 11.8 Å². The van der Waals surface area contributed by atoms with Crippen LogP contribution in [-0.2, 0) is 11.3 Å². The van der Waals surface area contributed by atoms with E-state index in [1.807, 2.05) is 11.0 Å². The number of aromatic nitrogens is 2. The predicted octanol–water partition coefficient (Wildman–Crippen LogP) is 4.59. The minimum absolute atomic E-state index is 0.0502. The van der Waals surface area contributed by atoms with Gasteiger partial charge in [0.1, 0.15) is 0 Å². The van der Waals surface area contributed by atoms with Gasteiger partial charge in [-0.25, -0.2) is 0 Å². The lowest BCUT2D eigenvalue weighted by atomic mass is 10.1. The summed E-state index contributed by atoms with van der Waals surface area (Å²) in [6.45, 7) is 5.37. The van der Waals surface area contributed by atoms with Crippen molar-refractivity contribution in [2.24, 2.45) is 0 Å². The number of carbonyl (C=O) groups is 1. The van der Waals surface area contributed by atoms with Crippen molar-refractivity contribution in [1.29, 1.82) is 0 Å². The van der Waals surface area contributed by atoms with Crippen molar-refractivity contribution in [2.45, 2.75) is 37.6 Å². The van der Waals surface area contributed by atoms with Gasteiger partial charge in [-0.2, -0.15) is 4.98 Å². The summed E-state index contributed by atoms with van der Waals surface area (Å²) in [6.07, 6.45) is 2.47. The topological polar surface area (TPSA) is 59.2 Å². The number of amides is 1. The number of benzene rings is 2. The van der Waals surface area contributed by atoms with Gasteiger partial charge in [-0.3, -0.25) is 4.79 Å². The molecule has 1 atom stereocenters. The highest BCUT2D eigenvalue weighted by Gasteiger charge is 2.34.